The normalized spacial score (nSPS) is 11.9. The van der Waals surface area contributed by atoms with Crippen LogP contribution < -0.4 is 5.56 Å². The molecule has 0 unspecified atom stereocenters. The van der Waals surface area contributed by atoms with Gasteiger partial charge in [-0.25, -0.2) is 9.78 Å². The summed E-state index contributed by atoms with van der Waals surface area (Å²) >= 11 is 8.94. The Morgan fingerprint density at radius 2 is 2.23 bits per heavy atom. The molecule has 0 aliphatic rings. The molecular formula is C17H15ClN2O4S2. The van der Waals surface area contributed by atoms with E-state index >= 15 is 0 Å². The molecule has 0 aliphatic heterocycles. The summed E-state index contributed by atoms with van der Waals surface area (Å²) in [6.07, 6.45) is 1.73. The number of carbonyl (C=O) groups excluding carboxylic acids is 1. The molecule has 0 bridgehead atoms. The van der Waals surface area contributed by atoms with Crippen LogP contribution in [0, 0.1) is 6.92 Å². The van der Waals surface area contributed by atoms with Gasteiger partial charge >= 0.3 is 5.97 Å². The number of aromatic nitrogens is 2. The third kappa shape index (κ3) is 3.88. The van der Waals surface area contributed by atoms with E-state index in [1.54, 1.807) is 13.0 Å². The minimum atomic E-state index is -0.497. The number of aromatic amines is 1. The van der Waals surface area contributed by atoms with Crippen LogP contribution in [0.15, 0.2) is 22.3 Å². The fourth-order valence-electron chi connectivity index (χ4n) is 2.30. The lowest BCUT2D eigenvalue weighted by molar-refractivity contribution is 0.0393. The predicted molar refractivity (Wildman–Crippen MR) is 105 cm³/mol. The molecule has 1 N–H and O–H groups in total. The molecular weight excluding hydrogens is 396 g/mol. The number of aryl methyl sites for hydroxylation is 1. The van der Waals surface area contributed by atoms with Crippen molar-refractivity contribution in [2.75, 3.05) is 20.3 Å². The van der Waals surface area contributed by atoms with Gasteiger partial charge in [0.05, 0.1) is 17.0 Å². The molecule has 0 amide bonds. The first-order valence-electron chi connectivity index (χ1n) is 7.61. The van der Waals surface area contributed by atoms with Crippen LogP contribution in [-0.4, -0.2) is 36.3 Å². The van der Waals surface area contributed by atoms with Crippen molar-refractivity contribution in [3.05, 3.63) is 49.0 Å². The number of halogens is 1. The van der Waals surface area contributed by atoms with Gasteiger partial charge in [0.1, 0.15) is 16.3 Å². The van der Waals surface area contributed by atoms with Crippen molar-refractivity contribution in [2.24, 2.45) is 0 Å². The van der Waals surface area contributed by atoms with Gasteiger partial charge in [-0.3, -0.25) is 4.79 Å². The highest BCUT2D eigenvalue weighted by Gasteiger charge is 2.20. The minimum absolute atomic E-state index is 0.146. The van der Waals surface area contributed by atoms with Crippen molar-refractivity contribution in [2.45, 2.75) is 6.92 Å². The Bertz CT molecular complexity index is 1020. The topological polar surface area (TPSA) is 81.3 Å². The summed E-state index contributed by atoms with van der Waals surface area (Å²) < 4.78 is 10.00. The van der Waals surface area contributed by atoms with Crippen LogP contribution in [0.25, 0.3) is 21.3 Å². The molecule has 0 saturated heterocycles. The van der Waals surface area contributed by atoms with E-state index in [2.05, 4.69) is 9.97 Å². The highest BCUT2D eigenvalue weighted by atomic mass is 35.5. The van der Waals surface area contributed by atoms with E-state index in [-0.39, 0.29) is 18.0 Å². The van der Waals surface area contributed by atoms with Crippen molar-refractivity contribution in [1.82, 2.24) is 9.97 Å². The Kier molecular flexibility index (Phi) is 5.87. The van der Waals surface area contributed by atoms with Gasteiger partial charge in [-0.05, 0) is 30.0 Å². The number of ether oxygens (including phenoxy) is 2. The van der Waals surface area contributed by atoms with E-state index in [4.69, 9.17) is 21.1 Å². The molecule has 0 aromatic carbocycles. The summed E-state index contributed by atoms with van der Waals surface area (Å²) in [5.41, 5.74) is 0.207. The van der Waals surface area contributed by atoms with E-state index < -0.39 is 5.97 Å². The molecule has 3 aromatic rings. The second kappa shape index (κ2) is 8.13. The van der Waals surface area contributed by atoms with Crippen LogP contribution >= 0.6 is 34.3 Å². The minimum Gasteiger partial charge on any atom is -0.459 e. The molecule has 3 aromatic heterocycles. The van der Waals surface area contributed by atoms with E-state index in [1.165, 1.54) is 18.4 Å². The largest absolute Gasteiger partial charge is 0.459 e. The Balaban J connectivity index is 1.98. The van der Waals surface area contributed by atoms with Crippen molar-refractivity contribution in [3.8, 4) is 0 Å². The van der Waals surface area contributed by atoms with Gasteiger partial charge in [-0.15, -0.1) is 22.7 Å². The molecule has 0 aliphatic carbocycles. The van der Waals surface area contributed by atoms with Crippen LogP contribution in [0.3, 0.4) is 0 Å². The Labute approximate surface area is 162 Å². The number of rotatable bonds is 6. The zero-order chi connectivity index (χ0) is 18.7. The van der Waals surface area contributed by atoms with Crippen molar-refractivity contribution >= 4 is 61.6 Å². The average molecular weight is 411 g/mol. The lowest BCUT2D eigenvalue weighted by Gasteiger charge is -2.02. The van der Waals surface area contributed by atoms with Crippen LogP contribution in [-0.2, 0) is 9.47 Å². The molecule has 136 valence electrons. The first-order chi connectivity index (χ1) is 12.5. The summed E-state index contributed by atoms with van der Waals surface area (Å²) in [7, 11) is 1.52. The lowest BCUT2D eigenvalue weighted by Crippen LogP contribution is -2.11. The van der Waals surface area contributed by atoms with Gasteiger partial charge in [0.2, 0.25) is 0 Å². The quantitative estimate of drug-likeness (QED) is 0.492. The summed E-state index contributed by atoms with van der Waals surface area (Å²) in [5, 5.41) is 2.62. The van der Waals surface area contributed by atoms with Gasteiger partial charge in [-0.1, -0.05) is 17.7 Å². The Hall–Kier alpha value is -2.00. The smallest absolute Gasteiger partial charge is 0.348 e. The van der Waals surface area contributed by atoms with Gasteiger partial charge in [0, 0.05) is 12.0 Å². The lowest BCUT2D eigenvalue weighted by atomic mass is 10.2. The van der Waals surface area contributed by atoms with Gasteiger partial charge in [-0.2, -0.15) is 0 Å². The van der Waals surface area contributed by atoms with Gasteiger partial charge in [0.25, 0.3) is 5.56 Å². The van der Waals surface area contributed by atoms with Crippen LogP contribution in [0.5, 0.6) is 0 Å². The third-order valence-electron chi connectivity index (χ3n) is 3.54. The molecule has 0 radical (unpaired) electrons. The van der Waals surface area contributed by atoms with Gasteiger partial charge < -0.3 is 14.5 Å². The molecule has 26 heavy (non-hydrogen) atoms. The molecule has 3 heterocycles. The van der Waals surface area contributed by atoms with E-state index in [9.17, 15) is 9.59 Å². The number of fused-ring (bicyclic) bond motifs is 1. The second-order valence-electron chi connectivity index (χ2n) is 5.29. The van der Waals surface area contributed by atoms with E-state index in [0.717, 1.165) is 16.2 Å². The SMILES string of the molecule is COCCOC(=O)c1sc2nc(/C(Cl)=C/c3cccs3)[nH]c(=O)c2c1C. The van der Waals surface area contributed by atoms with Gasteiger partial charge in [0.15, 0.2) is 5.82 Å². The highest BCUT2D eigenvalue weighted by Crippen LogP contribution is 2.29. The molecule has 9 heteroatoms. The number of thiophene rings is 2. The van der Waals surface area contributed by atoms with E-state index in [0.29, 0.717) is 32.3 Å². The van der Waals surface area contributed by atoms with Crippen molar-refractivity contribution < 1.29 is 14.3 Å². The highest BCUT2D eigenvalue weighted by molar-refractivity contribution is 7.20. The third-order valence-corrected chi connectivity index (χ3v) is 5.82. The fraction of sp³-hybridized carbons (Fsp3) is 0.235. The maximum absolute atomic E-state index is 12.5. The molecule has 6 nitrogen and oxygen atoms in total. The number of methoxy groups -OCH3 is 1. The number of nitrogens with zero attached hydrogens (tertiary/aromatic N) is 1. The van der Waals surface area contributed by atoms with Crippen LogP contribution in [0.2, 0.25) is 0 Å². The molecule has 0 atom stereocenters. The summed E-state index contributed by atoms with van der Waals surface area (Å²) in [5.74, 6) is -0.234. The summed E-state index contributed by atoms with van der Waals surface area (Å²) in [4.78, 5) is 33.5. The van der Waals surface area contributed by atoms with E-state index in [1.807, 2.05) is 17.5 Å². The number of nitrogens with one attached hydrogen (secondary N) is 1. The van der Waals surface area contributed by atoms with Crippen molar-refractivity contribution in [1.29, 1.82) is 0 Å². The second-order valence-corrected chi connectivity index (χ2v) is 7.67. The number of hydrogen-bond donors (Lipinski definition) is 1. The predicted octanol–water partition coefficient (Wildman–Crippen LogP) is 3.89. The maximum Gasteiger partial charge on any atom is 0.348 e. The Morgan fingerprint density at radius 3 is 2.92 bits per heavy atom. The van der Waals surface area contributed by atoms with Crippen molar-refractivity contribution in [3.63, 3.8) is 0 Å². The number of hydrogen-bond acceptors (Lipinski definition) is 7. The standard InChI is InChI=1S/C17H15ClN2O4S2/c1-9-12-15(21)19-14(11(18)8-10-4-3-7-25-10)20-16(12)26-13(9)17(22)24-6-5-23-2/h3-4,7-8H,5-6H2,1-2H3,(H,19,20,21)/b11-8-. The number of carbonyl (C=O) groups is 1. The monoisotopic (exact) mass is 410 g/mol. The molecule has 0 saturated carbocycles. The number of H-pyrrole nitrogens is 1. The molecule has 0 spiro atoms. The number of esters is 1. The molecule has 3 rings (SSSR count). The zero-order valence-electron chi connectivity index (χ0n) is 14.0. The Morgan fingerprint density at radius 1 is 1.42 bits per heavy atom. The first-order valence-corrected chi connectivity index (χ1v) is 9.69. The fourth-order valence-corrected chi connectivity index (χ4v) is 4.31. The van der Waals surface area contributed by atoms with Crippen LogP contribution in [0.1, 0.15) is 25.9 Å². The van der Waals surface area contributed by atoms with Crippen LogP contribution in [0.4, 0.5) is 0 Å². The summed E-state index contributed by atoms with van der Waals surface area (Å²) in [6.45, 7) is 2.15. The summed E-state index contributed by atoms with van der Waals surface area (Å²) in [6, 6.07) is 3.82. The first kappa shape index (κ1) is 18.8. The average Bonchev–Trinajstić information content (AvgIpc) is 3.23. The zero-order valence-corrected chi connectivity index (χ0v) is 16.4. The maximum atomic E-state index is 12.5. The molecule has 0 fully saturated rings.